The van der Waals surface area contributed by atoms with Gasteiger partial charge >= 0.3 is 11.9 Å². The van der Waals surface area contributed by atoms with E-state index in [0.29, 0.717) is 24.2 Å². The van der Waals surface area contributed by atoms with E-state index in [0.717, 1.165) is 44.9 Å². The van der Waals surface area contributed by atoms with Crippen molar-refractivity contribution >= 4 is 17.7 Å². The number of esters is 2. The van der Waals surface area contributed by atoms with E-state index in [2.05, 4.69) is 20.8 Å². The van der Waals surface area contributed by atoms with Crippen molar-refractivity contribution in [2.75, 3.05) is 0 Å². The summed E-state index contributed by atoms with van der Waals surface area (Å²) in [6.45, 7) is 9.76. The molecule has 4 rings (SSSR count). The zero-order valence-corrected chi connectivity index (χ0v) is 18.6. The monoisotopic (exact) mass is 404 g/mol. The van der Waals surface area contributed by atoms with Crippen LogP contribution >= 0.6 is 0 Å². The van der Waals surface area contributed by atoms with Crippen LogP contribution in [0.25, 0.3) is 0 Å². The Morgan fingerprint density at radius 2 is 1.59 bits per heavy atom. The fourth-order valence-electron chi connectivity index (χ4n) is 8.05. The van der Waals surface area contributed by atoms with Gasteiger partial charge in [-0.05, 0) is 68.1 Å². The molecule has 0 N–H and O–H groups in total. The van der Waals surface area contributed by atoms with Gasteiger partial charge in [0.2, 0.25) is 0 Å². The Bertz CT molecular complexity index is 731. The number of rotatable bonds is 2. The standard InChI is InChI=1S/C24H36O5/c1-14(25)28-16-8-11-23(4)19-9-10-22(3)18(6-7-21(22)29-15(2)26)17(19)13-24(23,5)20(27)12-16/h16-19,21H,6-13H2,1-5H3/t16-,17-,18+,19+,21-,22+,23+,24+/m0/s1. The normalized spacial score (nSPS) is 48.9. The maximum atomic E-state index is 13.5. The van der Waals surface area contributed by atoms with Crippen molar-refractivity contribution in [1.29, 1.82) is 0 Å². The van der Waals surface area contributed by atoms with E-state index >= 15 is 0 Å². The minimum Gasteiger partial charge on any atom is -0.462 e. The average Bonchev–Trinajstić information content (AvgIpc) is 3.02. The van der Waals surface area contributed by atoms with Gasteiger partial charge in [-0.15, -0.1) is 0 Å². The van der Waals surface area contributed by atoms with Crippen LogP contribution in [0.5, 0.6) is 0 Å². The molecule has 0 aromatic rings. The Balaban J connectivity index is 1.62. The van der Waals surface area contributed by atoms with Gasteiger partial charge in [0.15, 0.2) is 0 Å². The molecule has 4 aliphatic rings. The Labute approximate surface area is 174 Å². The highest BCUT2D eigenvalue weighted by Gasteiger charge is 2.68. The van der Waals surface area contributed by atoms with Gasteiger partial charge in [0.05, 0.1) is 0 Å². The van der Waals surface area contributed by atoms with Crippen LogP contribution in [0, 0.1) is 34.0 Å². The molecule has 4 fully saturated rings. The Morgan fingerprint density at radius 1 is 0.897 bits per heavy atom. The van der Waals surface area contributed by atoms with Gasteiger partial charge in [-0.1, -0.05) is 20.8 Å². The van der Waals surface area contributed by atoms with Crippen LogP contribution in [0.1, 0.15) is 86.0 Å². The van der Waals surface area contributed by atoms with Crippen molar-refractivity contribution in [1.82, 2.24) is 0 Å². The lowest BCUT2D eigenvalue weighted by atomic mass is 9.55. The lowest BCUT2D eigenvalue weighted by Crippen LogP contribution is -2.46. The van der Waals surface area contributed by atoms with Crippen LogP contribution in [0.2, 0.25) is 0 Å². The summed E-state index contributed by atoms with van der Waals surface area (Å²) in [5, 5.41) is 0. The summed E-state index contributed by atoms with van der Waals surface area (Å²) in [6.07, 6.45) is 6.91. The molecule has 0 unspecified atom stereocenters. The highest BCUT2D eigenvalue weighted by molar-refractivity contribution is 5.87. The Morgan fingerprint density at radius 3 is 2.24 bits per heavy atom. The summed E-state index contributed by atoms with van der Waals surface area (Å²) in [5.41, 5.74) is -0.376. The topological polar surface area (TPSA) is 69.7 Å². The highest BCUT2D eigenvalue weighted by atomic mass is 16.5. The second-order valence-electron chi connectivity index (χ2n) is 10.9. The smallest absolute Gasteiger partial charge is 0.302 e. The van der Waals surface area contributed by atoms with Gasteiger partial charge in [0, 0.05) is 31.1 Å². The molecule has 162 valence electrons. The third-order valence-corrected chi connectivity index (χ3v) is 9.73. The number of Topliss-reactive ketones (excluding diaryl/α,β-unsaturated/α-hetero) is 1. The number of hydrogen-bond acceptors (Lipinski definition) is 5. The molecule has 8 atom stereocenters. The van der Waals surface area contributed by atoms with E-state index in [-0.39, 0.29) is 46.2 Å². The van der Waals surface area contributed by atoms with Crippen LogP contribution in [-0.4, -0.2) is 29.9 Å². The van der Waals surface area contributed by atoms with E-state index in [9.17, 15) is 14.4 Å². The molecule has 0 bridgehead atoms. The molecule has 5 heteroatoms. The molecule has 0 saturated heterocycles. The molecule has 0 heterocycles. The third-order valence-electron chi connectivity index (χ3n) is 9.73. The zero-order valence-electron chi connectivity index (χ0n) is 18.6. The average molecular weight is 405 g/mol. The molecule has 0 amide bonds. The summed E-state index contributed by atoms with van der Waals surface area (Å²) in [4.78, 5) is 36.6. The Hall–Kier alpha value is -1.39. The number of carbonyl (C=O) groups excluding carboxylic acids is 3. The molecule has 0 aliphatic heterocycles. The van der Waals surface area contributed by atoms with E-state index < -0.39 is 0 Å². The van der Waals surface area contributed by atoms with Crippen molar-refractivity contribution in [3.8, 4) is 0 Å². The van der Waals surface area contributed by atoms with Crippen LogP contribution in [-0.2, 0) is 23.9 Å². The molecule has 5 nitrogen and oxygen atoms in total. The third kappa shape index (κ3) is 2.97. The zero-order chi connectivity index (χ0) is 21.2. The van der Waals surface area contributed by atoms with Crippen molar-refractivity contribution in [3.05, 3.63) is 0 Å². The molecular weight excluding hydrogens is 368 g/mol. The summed E-state index contributed by atoms with van der Waals surface area (Å²) < 4.78 is 11.2. The van der Waals surface area contributed by atoms with Gasteiger partial charge in [-0.25, -0.2) is 0 Å². The minimum absolute atomic E-state index is 0.0148. The number of ether oxygens (including phenoxy) is 2. The fraction of sp³-hybridized carbons (Fsp3) is 0.875. The number of fused-ring (bicyclic) bond motifs is 5. The number of carbonyl (C=O) groups is 3. The van der Waals surface area contributed by atoms with Crippen LogP contribution in [0.3, 0.4) is 0 Å². The molecule has 0 spiro atoms. The first-order chi connectivity index (χ1) is 13.5. The number of hydrogen-bond donors (Lipinski definition) is 0. The predicted molar refractivity (Wildman–Crippen MR) is 108 cm³/mol. The highest BCUT2D eigenvalue weighted by Crippen LogP contribution is 2.71. The van der Waals surface area contributed by atoms with Gasteiger partial charge in [-0.3, -0.25) is 14.4 Å². The molecular formula is C24H36O5. The maximum Gasteiger partial charge on any atom is 0.302 e. The largest absolute Gasteiger partial charge is 0.462 e. The second-order valence-corrected chi connectivity index (χ2v) is 10.9. The molecule has 0 radical (unpaired) electrons. The van der Waals surface area contributed by atoms with Crippen LogP contribution in [0.15, 0.2) is 0 Å². The predicted octanol–water partition coefficient (Wildman–Crippen LogP) is 4.46. The van der Waals surface area contributed by atoms with Gasteiger partial charge in [0.1, 0.15) is 18.0 Å². The van der Waals surface area contributed by atoms with Gasteiger partial charge in [0.25, 0.3) is 0 Å². The fourth-order valence-corrected chi connectivity index (χ4v) is 8.05. The van der Waals surface area contributed by atoms with Crippen molar-refractivity contribution in [2.24, 2.45) is 34.0 Å². The first-order valence-corrected chi connectivity index (χ1v) is 11.4. The minimum atomic E-state index is -0.359. The van der Waals surface area contributed by atoms with Crippen molar-refractivity contribution in [3.63, 3.8) is 0 Å². The summed E-state index contributed by atoms with van der Waals surface area (Å²) in [5.74, 6) is 1.35. The first-order valence-electron chi connectivity index (χ1n) is 11.4. The SMILES string of the molecule is CC(=O)O[C@H]1CC[C@]2(C)[C@@H]3CC[C@@]4(C)[C@@H](OC(C)=O)CC[C@@H]4[C@@H]3C[C@]2(C)C(=O)C1. The lowest BCUT2D eigenvalue weighted by Gasteiger charge is -2.50. The van der Waals surface area contributed by atoms with Crippen LogP contribution in [0.4, 0.5) is 0 Å². The van der Waals surface area contributed by atoms with E-state index in [4.69, 9.17) is 9.47 Å². The summed E-state index contributed by atoms with van der Waals surface area (Å²) >= 11 is 0. The molecule has 29 heavy (non-hydrogen) atoms. The summed E-state index contributed by atoms with van der Waals surface area (Å²) in [6, 6.07) is 0. The number of ketones is 1. The van der Waals surface area contributed by atoms with E-state index in [1.165, 1.54) is 13.8 Å². The van der Waals surface area contributed by atoms with Gasteiger partial charge < -0.3 is 9.47 Å². The maximum absolute atomic E-state index is 13.5. The van der Waals surface area contributed by atoms with Crippen molar-refractivity contribution < 1.29 is 23.9 Å². The lowest BCUT2D eigenvalue weighted by molar-refractivity contribution is -0.155. The van der Waals surface area contributed by atoms with Crippen molar-refractivity contribution in [2.45, 2.75) is 98.2 Å². The summed E-state index contributed by atoms with van der Waals surface area (Å²) in [7, 11) is 0. The second kappa shape index (κ2) is 6.81. The van der Waals surface area contributed by atoms with E-state index in [1.54, 1.807) is 0 Å². The van der Waals surface area contributed by atoms with Crippen LogP contribution < -0.4 is 0 Å². The van der Waals surface area contributed by atoms with E-state index in [1.807, 2.05) is 0 Å². The molecule has 0 aromatic carbocycles. The first kappa shape index (κ1) is 20.9. The molecule has 4 aliphatic carbocycles. The van der Waals surface area contributed by atoms with Gasteiger partial charge in [-0.2, -0.15) is 0 Å². The molecule has 0 aromatic heterocycles. The molecule has 4 saturated carbocycles. The quantitative estimate of drug-likeness (QED) is 0.636. The Kier molecular flexibility index (Phi) is 4.90.